The van der Waals surface area contributed by atoms with Crippen molar-refractivity contribution < 1.29 is 9.18 Å². The summed E-state index contributed by atoms with van der Waals surface area (Å²) in [7, 11) is 0. The maximum Gasteiger partial charge on any atom is 0.278 e. The molecule has 4 rings (SSSR count). The second kappa shape index (κ2) is 9.22. The number of carbonyl (C=O) groups excluding carboxylic acids is 1. The van der Waals surface area contributed by atoms with Gasteiger partial charge < -0.3 is 4.90 Å². The zero-order valence-corrected chi connectivity index (χ0v) is 17.5. The molecule has 1 aliphatic heterocycles. The van der Waals surface area contributed by atoms with Crippen molar-refractivity contribution in [2.24, 2.45) is 0 Å². The minimum Gasteiger partial charge on any atom is -0.336 e. The number of para-hydroxylation sites is 1. The summed E-state index contributed by atoms with van der Waals surface area (Å²) in [4.78, 5) is 29.7. The molecule has 0 spiro atoms. The number of nitrogens with zero attached hydrogens (tertiary/aromatic N) is 4. The molecule has 1 aliphatic rings. The van der Waals surface area contributed by atoms with Crippen LogP contribution in [0.5, 0.6) is 0 Å². The first-order valence-electron chi connectivity index (χ1n) is 10.4. The first-order valence-corrected chi connectivity index (χ1v) is 10.4. The molecule has 6 nitrogen and oxygen atoms in total. The summed E-state index contributed by atoms with van der Waals surface area (Å²) < 4.78 is 14.8. The standard InChI is InChI=1S/C24H25FN4O2/c1-18-16-22(30)23(26-29(18)21-6-3-2-4-7-21)24(31)28-13-5-12-27(14-15-28)17-19-8-10-20(25)11-9-19/h2-4,6-11,16H,5,12-15,17H2,1H3. The maximum absolute atomic E-state index is 13.2. The van der Waals surface area contributed by atoms with E-state index in [0.29, 0.717) is 31.9 Å². The lowest BCUT2D eigenvalue weighted by molar-refractivity contribution is 0.0751. The summed E-state index contributed by atoms with van der Waals surface area (Å²) in [6, 6.07) is 17.4. The van der Waals surface area contributed by atoms with Gasteiger partial charge in [0.15, 0.2) is 5.69 Å². The molecule has 2 heterocycles. The van der Waals surface area contributed by atoms with Crippen molar-refractivity contribution in [2.75, 3.05) is 26.2 Å². The van der Waals surface area contributed by atoms with Crippen molar-refractivity contribution in [3.05, 3.63) is 93.7 Å². The third kappa shape index (κ3) is 4.88. The van der Waals surface area contributed by atoms with E-state index in [1.807, 2.05) is 30.3 Å². The van der Waals surface area contributed by atoms with Crippen LogP contribution < -0.4 is 5.43 Å². The molecule has 160 valence electrons. The third-order valence-electron chi connectivity index (χ3n) is 5.51. The van der Waals surface area contributed by atoms with Crippen LogP contribution in [-0.2, 0) is 6.54 Å². The molecule has 0 saturated carbocycles. The SMILES string of the molecule is Cc1cc(=O)c(C(=O)N2CCCN(Cc3ccc(F)cc3)CC2)nn1-c1ccccc1. The summed E-state index contributed by atoms with van der Waals surface area (Å²) >= 11 is 0. The molecule has 1 amide bonds. The smallest absolute Gasteiger partial charge is 0.278 e. The van der Waals surface area contributed by atoms with E-state index in [9.17, 15) is 14.0 Å². The average molecular weight is 420 g/mol. The van der Waals surface area contributed by atoms with Crippen LogP contribution in [0.3, 0.4) is 0 Å². The molecule has 3 aromatic rings. The number of aryl methyl sites for hydroxylation is 1. The Morgan fingerprint density at radius 1 is 1.00 bits per heavy atom. The van der Waals surface area contributed by atoms with Crippen molar-refractivity contribution in [1.29, 1.82) is 0 Å². The van der Waals surface area contributed by atoms with Crippen LogP contribution in [-0.4, -0.2) is 51.7 Å². The van der Waals surface area contributed by atoms with Crippen LogP contribution in [0.1, 0.15) is 28.2 Å². The van der Waals surface area contributed by atoms with Crippen molar-refractivity contribution in [1.82, 2.24) is 19.6 Å². The van der Waals surface area contributed by atoms with E-state index < -0.39 is 0 Å². The highest BCUT2D eigenvalue weighted by atomic mass is 19.1. The van der Waals surface area contributed by atoms with E-state index in [-0.39, 0.29) is 22.8 Å². The molecule has 0 atom stereocenters. The Labute approximate surface area is 180 Å². The van der Waals surface area contributed by atoms with Gasteiger partial charge in [0.1, 0.15) is 5.82 Å². The molecule has 0 aliphatic carbocycles. The molecular weight excluding hydrogens is 395 g/mol. The van der Waals surface area contributed by atoms with Gasteiger partial charge in [0.25, 0.3) is 5.91 Å². The lowest BCUT2D eigenvalue weighted by Gasteiger charge is -2.22. The van der Waals surface area contributed by atoms with E-state index in [1.165, 1.54) is 18.2 Å². The van der Waals surface area contributed by atoms with Crippen molar-refractivity contribution in [3.8, 4) is 5.69 Å². The molecule has 0 bridgehead atoms. The number of hydrogen-bond donors (Lipinski definition) is 0. The van der Waals surface area contributed by atoms with E-state index in [0.717, 1.165) is 24.2 Å². The van der Waals surface area contributed by atoms with Gasteiger partial charge in [-0.3, -0.25) is 14.5 Å². The topological polar surface area (TPSA) is 58.4 Å². The van der Waals surface area contributed by atoms with Gasteiger partial charge in [-0.05, 0) is 43.2 Å². The van der Waals surface area contributed by atoms with Crippen LogP contribution in [0.25, 0.3) is 5.69 Å². The van der Waals surface area contributed by atoms with Crippen LogP contribution in [0.15, 0.2) is 65.5 Å². The van der Waals surface area contributed by atoms with E-state index >= 15 is 0 Å². The summed E-state index contributed by atoms with van der Waals surface area (Å²) in [5.74, 6) is -0.582. The Morgan fingerprint density at radius 2 is 1.74 bits per heavy atom. The van der Waals surface area contributed by atoms with E-state index in [1.54, 1.807) is 28.6 Å². The maximum atomic E-state index is 13.2. The Morgan fingerprint density at radius 3 is 2.48 bits per heavy atom. The summed E-state index contributed by atoms with van der Waals surface area (Å²) in [5.41, 5.74) is 2.10. The number of benzene rings is 2. The Balaban J connectivity index is 1.49. The molecule has 2 aromatic carbocycles. The minimum atomic E-state index is -0.359. The fraction of sp³-hybridized carbons (Fsp3) is 0.292. The fourth-order valence-electron chi connectivity index (χ4n) is 3.86. The zero-order valence-electron chi connectivity index (χ0n) is 17.5. The van der Waals surface area contributed by atoms with Crippen LogP contribution >= 0.6 is 0 Å². The van der Waals surface area contributed by atoms with Crippen LogP contribution in [0.2, 0.25) is 0 Å². The summed E-state index contributed by atoms with van der Waals surface area (Å²) in [6.45, 7) is 5.10. The monoisotopic (exact) mass is 420 g/mol. The van der Waals surface area contributed by atoms with Crippen molar-refractivity contribution in [3.63, 3.8) is 0 Å². The highest BCUT2D eigenvalue weighted by Gasteiger charge is 2.24. The normalized spacial score (nSPS) is 15.0. The van der Waals surface area contributed by atoms with Gasteiger partial charge in [0, 0.05) is 44.5 Å². The Bertz CT molecular complexity index is 1110. The quantitative estimate of drug-likeness (QED) is 0.651. The summed E-state index contributed by atoms with van der Waals surface area (Å²) in [5, 5.41) is 4.41. The lowest BCUT2D eigenvalue weighted by Crippen LogP contribution is -2.38. The first kappa shape index (κ1) is 20.9. The number of amides is 1. The largest absolute Gasteiger partial charge is 0.336 e. The first-order chi connectivity index (χ1) is 15.0. The number of hydrogen-bond acceptors (Lipinski definition) is 4. The molecule has 7 heteroatoms. The number of rotatable bonds is 4. The second-order valence-corrected chi connectivity index (χ2v) is 7.79. The summed E-state index contributed by atoms with van der Waals surface area (Å²) in [6.07, 6.45) is 0.797. The molecule has 1 aromatic heterocycles. The Hall–Kier alpha value is -3.32. The molecule has 31 heavy (non-hydrogen) atoms. The number of carbonyl (C=O) groups is 1. The van der Waals surface area contributed by atoms with Gasteiger partial charge in [-0.15, -0.1) is 0 Å². The highest BCUT2D eigenvalue weighted by Crippen LogP contribution is 2.13. The van der Waals surface area contributed by atoms with Gasteiger partial charge in [-0.1, -0.05) is 30.3 Å². The van der Waals surface area contributed by atoms with Gasteiger partial charge in [0.05, 0.1) is 5.69 Å². The predicted molar refractivity (Wildman–Crippen MR) is 117 cm³/mol. The predicted octanol–water partition coefficient (Wildman–Crippen LogP) is 3.03. The van der Waals surface area contributed by atoms with Crippen LogP contribution in [0, 0.1) is 12.7 Å². The van der Waals surface area contributed by atoms with Gasteiger partial charge in [0.2, 0.25) is 5.43 Å². The lowest BCUT2D eigenvalue weighted by atomic mass is 10.2. The molecule has 0 radical (unpaired) electrons. The van der Waals surface area contributed by atoms with Crippen LogP contribution in [0.4, 0.5) is 4.39 Å². The number of aromatic nitrogens is 2. The van der Waals surface area contributed by atoms with E-state index in [4.69, 9.17) is 0 Å². The zero-order chi connectivity index (χ0) is 21.8. The van der Waals surface area contributed by atoms with Gasteiger partial charge in [-0.25, -0.2) is 9.07 Å². The highest BCUT2D eigenvalue weighted by molar-refractivity contribution is 5.92. The molecule has 0 unspecified atom stereocenters. The Kier molecular flexibility index (Phi) is 6.23. The van der Waals surface area contributed by atoms with Gasteiger partial charge >= 0.3 is 0 Å². The molecule has 1 saturated heterocycles. The third-order valence-corrected chi connectivity index (χ3v) is 5.51. The molecular formula is C24H25FN4O2. The molecule has 1 fully saturated rings. The fourth-order valence-corrected chi connectivity index (χ4v) is 3.86. The second-order valence-electron chi connectivity index (χ2n) is 7.79. The van der Waals surface area contributed by atoms with Gasteiger partial charge in [-0.2, -0.15) is 5.10 Å². The van der Waals surface area contributed by atoms with Crippen molar-refractivity contribution >= 4 is 5.91 Å². The average Bonchev–Trinajstić information content (AvgIpc) is 3.01. The van der Waals surface area contributed by atoms with E-state index in [2.05, 4.69) is 10.00 Å². The molecule has 0 N–H and O–H groups in total. The van der Waals surface area contributed by atoms with Crippen molar-refractivity contribution in [2.45, 2.75) is 19.9 Å². The number of halogens is 1. The minimum absolute atomic E-state index is 0.0542.